The van der Waals surface area contributed by atoms with Crippen LogP contribution in [0.3, 0.4) is 0 Å². The maximum absolute atomic E-state index is 12.3. The van der Waals surface area contributed by atoms with Crippen LogP contribution in [-0.2, 0) is 37.3 Å². The number of ether oxygens (including phenoxy) is 2. The number of benzene rings is 4. The third kappa shape index (κ3) is 47.7. The van der Waals surface area contributed by atoms with E-state index in [-0.39, 0.29) is 17.4 Å². The number of aryl methyl sites for hydroxylation is 2. The highest BCUT2D eigenvalue weighted by atomic mass is 32.7. The number of esters is 2. The van der Waals surface area contributed by atoms with Crippen LogP contribution in [0.15, 0.2) is 97.1 Å². The fraction of sp³-hybridized carbons (Fsp3) is 0.708. The molecule has 0 aliphatic rings. The summed E-state index contributed by atoms with van der Waals surface area (Å²) in [5.41, 5.74) is 4.83. The van der Waals surface area contributed by atoms with Crippen LogP contribution in [0.25, 0.3) is 0 Å². The van der Waals surface area contributed by atoms with Crippen LogP contribution in [0, 0.1) is 0 Å². The molecule has 0 aliphatic carbocycles. The molecule has 4 rings (SSSR count). The van der Waals surface area contributed by atoms with Gasteiger partial charge in [0.15, 0.2) is 0 Å². The third-order valence-electron chi connectivity index (χ3n) is 19.8. The predicted octanol–water partition coefficient (Wildman–Crippen LogP) is 30.6. The molecule has 0 aromatic heterocycles. The van der Waals surface area contributed by atoms with Gasteiger partial charge in [-0.25, -0.2) is 0 Å². The molecule has 0 aliphatic heterocycles. The van der Waals surface area contributed by atoms with Gasteiger partial charge in [0.1, 0.15) is 23.0 Å². The zero-order valence-electron chi connectivity index (χ0n) is 65.3. The first-order valence-electron chi connectivity index (χ1n) is 41.9. The summed E-state index contributed by atoms with van der Waals surface area (Å²) in [4.78, 5) is 24.6. The SMILES string of the molecule is CCCCCCCCCCOC(=O)CCCCCCCCCCSP(Oc1ccc(C(C)(C)c2ccc(OP(Oc3cccc(CCCCCCCCCC)c3)SCCCCCCCCCCC(=O)OCCCCCCCCCC)cc2)cc1)Oc1cccc(CCCCCCCCCC)c1. The minimum Gasteiger partial charge on any atom is -0.466 e. The largest absolute Gasteiger partial charge is 0.466 e. The standard InChI is InChI=1S/C89H146O8P2S2/c1-7-11-15-19-23-31-39-47-57-79-59-55-61-85(77-79)96-98(100-75-53-45-37-29-27-33-41-49-63-87(90)92-73-51-43-35-25-21-17-13-9-3)94-83-69-65-81(66-70-83)89(5,6)82-67-71-84(72-68-82)95-99(97-86-62-56-60-80(78-86)58-48-40-32-24-20-16-12-8-2)101-76-54-46-38-30-28-34-42-50-64-88(91)93-74-52-44-36-26-22-18-14-10-4/h55-56,59-62,65-72,77-78H,7-54,57-58,63-64,73-76H2,1-6H3. The van der Waals surface area contributed by atoms with E-state index in [4.69, 9.17) is 27.6 Å². The van der Waals surface area contributed by atoms with Crippen LogP contribution in [0.4, 0.5) is 0 Å². The summed E-state index contributed by atoms with van der Waals surface area (Å²) in [5.74, 6) is 5.38. The van der Waals surface area contributed by atoms with Gasteiger partial charge in [-0.1, -0.05) is 347 Å². The van der Waals surface area contributed by atoms with Crippen molar-refractivity contribution < 1.29 is 37.2 Å². The molecular weight excluding hydrogens is 1320 g/mol. The third-order valence-corrected chi connectivity index (χ3v) is 25.8. The van der Waals surface area contributed by atoms with Crippen LogP contribution in [-0.4, -0.2) is 36.7 Å². The molecule has 101 heavy (non-hydrogen) atoms. The van der Waals surface area contributed by atoms with Gasteiger partial charge in [-0.3, -0.25) is 9.59 Å². The maximum Gasteiger partial charge on any atom is 0.360 e. The first-order valence-corrected chi connectivity index (χ1v) is 47.4. The lowest BCUT2D eigenvalue weighted by Crippen LogP contribution is -2.18. The van der Waals surface area contributed by atoms with Gasteiger partial charge >= 0.3 is 27.1 Å². The second-order valence-corrected chi connectivity index (χ2v) is 35.7. The lowest BCUT2D eigenvalue weighted by molar-refractivity contribution is -0.144. The first kappa shape index (κ1) is 90.0. The zero-order valence-corrected chi connectivity index (χ0v) is 68.7. The lowest BCUT2D eigenvalue weighted by atomic mass is 9.78. The Morgan fingerprint density at radius 2 is 0.574 bits per heavy atom. The van der Waals surface area contributed by atoms with Crippen LogP contribution in [0.1, 0.15) is 385 Å². The summed E-state index contributed by atoms with van der Waals surface area (Å²) < 4.78 is 38.3. The van der Waals surface area contributed by atoms with Gasteiger partial charge < -0.3 is 27.6 Å². The molecule has 0 spiro atoms. The second-order valence-electron chi connectivity index (χ2n) is 29.4. The second kappa shape index (κ2) is 62.7. The van der Waals surface area contributed by atoms with Crippen molar-refractivity contribution in [2.45, 2.75) is 381 Å². The molecule has 8 nitrogen and oxygen atoms in total. The summed E-state index contributed by atoms with van der Waals surface area (Å²) in [7, 11) is -2.59. The molecule has 0 amide bonds. The molecule has 2 unspecified atom stereocenters. The van der Waals surface area contributed by atoms with Gasteiger partial charge in [-0.2, -0.15) is 0 Å². The quantitative estimate of drug-likeness (QED) is 0.0242. The molecule has 0 bridgehead atoms. The van der Waals surface area contributed by atoms with E-state index in [1.165, 1.54) is 279 Å². The Hall–Kier alpha value is -3.42. The van der Waals surface area contributed by atoms with Crippen molar-refractivity contribution in [2.75, 3.05) is 24.7 Å². The van der Waals surface area contributed by atoms with Gasteiger partial charge in [-0.15, -0.1) is 0 Å². The van der Waals surface area contributed by atoms with Crippen molar-refractivity contribution in [2.24, 2.45) is 0 Å². The Kier molecular flexibility index (Phi) is 55.9. The van der Waals surface area contributed by atoms with E-state index in [0.717, 1.165) is 98.7 Å². The molecule has 12 heteroatoms. The smallest absolute Gasteiger partial charge is 0.360 e. The van der Waals surface area contributed by atoms with Crippen molar-refractivity contribution >= 4 is 49.9 Å². The number of unbranched alkanes of at least 4 members (excludes halogenated alkanes) is 42. The summed E-state index contributed by atoms with van der Waals surface area (Å²) >= 11 is 3.64. The highest BCUT2D eigenvalue weighted by Gasteiger charge is 2.25. The lowest BCUT2D eigenvalue weighted by Gasteiger charge is -2.27. The average molecular weight is 1470 g/mol. The summed E-state index contributed by atoms with van der Waals surface area (Å²) in [5, 5.41) is 0. The fourth-order valence-corrected chi connectivity index (χ4v) is 18.8. The van der Waals surface area contributed by atoms with Crippen LogP contribution in [0.5, 0.6) is 23.0 Å². The number of rotatable bonds is 70. The van der Waals surface area contributed by atoms with E-state index >= 15 is 0 Å². The minimum atomic E-state index is -1.29. The van der Waals surface area contributed by atoms with Crippen molar-refractivity contribution in [3.05, 3.63) is 119 Å². The highest BCUT2D eigenvalue weighted by molar-refractivity contribution is 8.53. The Morgan fingerprint density at radius 1 is 0.307 bits per heavy atom. The Morgan fingerprint density at radius 3 is 0.891 bits per heavy atom. The van der Waals surface area contributed by atoms with Crippen LogP contribution >= 0.6 is 37.9 Å². The molecule has 0 radical (unpaired) electrons. The monoisotopic (exact) mass is 1470 g/mol. The van der Waals surface area contributed by atoms with Crippen LogP contribution in [0.2, 0.25) is 0 Å². The van der Waals surface area contributed by atoms with Crippen molar-refractivity contribution in [3.63, 3.8) is 0 Å². The predicted molar refractivity (Wildman–Crippen MR) is 442 cm³/mol. The van der Waals surface area contributed by atoms with Crippen molar-refractivity contribution in [1.29, 1.82) is 0 Å². The Bertz CT molecular complexity index is 2390. The summed E-state index contributed by atoms with van der Waals surface area (Å²) in [6.07, 6.45) is 62.9. The van der Waals surface area contributed by atoms with Crippen molar-refractivity contribution in [1.82, 2.24) is 0 Å². The number of hydrogen-bond donors (Lipinski definition) is 0. The van der Waals surface area contributed by atoms with E-state index in [1.54, 1.807) is 0 Å². The Labute approximate surface area is 630 Å². The van der Waals surface area contributed by atoms with Gasteiger partial charge in [0.25, 0.3) is 0 Å². The molecule has 4 aromatic carbocycles. The summed E-state index contributed by atoms with van der Waals surface area (Å²) in [6, 6.07) is 34.9. The zero-order chi connectivity index (χ0) is 72.0. The fourth-order valence-electron chi connectivity index (χ4n) is 13.1. The topological polar surface area (TPSA) is 89.5 Å². The molecule has 0 fully saturated rings. The maximum atomic E-state index is 12.3. The van der Waals surface area contributed by atoms with Gasteiger partial charge in [-0.05, 0) is 158 Å². The molecule has 0 saturated heterocycles. The molecule has 0 saturated carbocycles. The van der Waals surface area contributed by atoms with Gasteiger partial charge in [0.05, 0.1) is 13.2 Å². The molecule has 4 aromatic rings. The van der Waals surface area contributed by atoms with E-state index in [2.05, 4.69) is 139 Å². The van der Waals surface area contributed by atoms with Crippen LogP contribution < -0.4 is 18.1 Å². The van der Waals surface area contributed by atoms with E-state index in [0.29, 0.717) is 26.1 Å². The number of carbonyl (C=O) groups is 2. The summed E-state index contributed by atoms with van der Waals surface area (Å²) in [6.45, 7) is 14.9. The van der Waals surface area contributed by atoms with E-state index in [1.807, 2.05) is 22.8 Å². The Balaban J connectivity index is 1.28. The van der Waals surface area contributed by atoms with Gasteiger partial charge in [0, 0.05) is 29.8 Å². The average Bonchev–Trinajstić information content (AvgIpc) is 0.804. The molecule has 0 heterocycles. The van der Waals surface area contributed by atoms with E-state index in [9.17, 15) is 9.59 Å². The molecule has 572 valence electrons. The number of hydrogen-bond acceptors (Lipinski definition) is 10. The minimum absolute atomic E-state index is 0.0179. The van der Waals surface area contributed by atoms with Gasteiger partial charge in [0.2, 0.25) is 0 Å². The molecule has 2 atom stereocenters. The first-order chi connectivity index (χ1) is 49.6. The van der Waals surface area contributed by atoms with Crippen molar-refractivity contribution in [3.8, 4) is 23.0 Å². The molecular formula is C89H146O8P2S2. The normalized spacial score (nSPS) is 12.2. The van der Waals surface area contributed by atoms with E-state index < -0.39 is 15.2 Å². The number of carbonyl (C=O) groups excluding carboxylic acids is 2. The molecule has 0 N–H and O–H groups in total. The highest BCUT2D eigenvalue weighted by Crippen LogP contribution is 2.54.